The molecular weight excluding hydrogens is 250 g/mol. The van der Waals surface area contributed by atoms with Crippen molar-refractivity contribution in [1.29, 1.82) is 0 Å². The van der Waals surface area contributed by atoms with Crippen molar-refractivity contribution in [2.24, 2.45) is 0 Å². The monoisotopic (exact) mass is 267 g/mol. The summed E-state index contributed by atoms with van der Waals surface area (Å²) in [6, 6.07) is 15.0. The van der Waals surface area contributed by atoms with Gasteiger partial charge in [0.15, 0.2) is 0 Å². The van der Waals surface area contributed by atoms with Crippen molar-refractivity contribution >= 4 is 16.3 Å². The van der Waals surface area contributed by atoms with Crippen LogP contribution in [0.3, 0.4) is 0 Å². The number of anilines is 1. The molecule has 0 unspecified atom stereocenters. The Bertz CT molecular complexity index is 607. The first-order valence-electron chi connectivity index (χ1n) is 6.59. The SMILES string of the molecule is CN(C1=CC=CCC1)c1ccc(-c2ccccc2)s1. The molecule has 96 valence electrons. The number of thiophene rings is 1. The summed E-state index contributed by atoms with van der Waals surface area (Å²) >= 11 is 1.85. The van der Waals surface area contributed by atoms with Crippen molar-refractivity contribution < 1.29 is 0 Å². The minimum absolute atomic E-state index is 1.13. The van der Waals surface area contributed by atoms with Crippen LogP contribution in [-0.2, 0) is 0 Å². The molecule has 0 fully saturated rings. The van der Waals surface area contributed by atoms with E-state index in [4.69, 9.17) is 0 Å². The first-order valence-corrected chi connectivity index (χ1v) is 7.41. The molecule has 2 heteroatoms. The summed E-state index contributed by atoms with van der Waals surface area (Å²) in [6.45, 7) is 0. The second-order valence-corrected chi connectivity index (χ2v) is 5.75. The molecule has 1 aliphatic carbocycles. The maximum absolute atomic E-state index is 2.31. The molecule has 0 saturated carbocycles. The van der Waals surface area contributed by atoms with Gasteiger partial charge in [-0.3, -0.25) is 0 Å². The van der Waals surface area contributed by atoms with Crippen LogP contribution in [0.25, 0.3) is 10.4 Å². The van der Waals surface area contributed by atoms with Gasteiger partial charge in [0.1, 0.15) is 0 Å². The molecule has 0 amide bonds. The highest BCUT2D eigenvalue weighted by molar-refractivity contribution is 7.19. The van der Waals surface area contributed by atoms with Crippen molar-refractivity contribution in [1.82, 2.24) is 0 Å². The Kier molecular flexibility index (Phi) is 3.51. The van der Waals surface area contributed by atoms with Crippen molar-refractivity contribution in [2.45, 2.75) is 12.8 Å². The number of hydrogen-bond acceptors (Lipinski definition) is 2. The first kappa shape index (κ1) is 12.2. The van der Waals surface area contributed by atoms with Gasteiger partial charge in [0.25, 0.3) is 0 Å². The normalized spacial score (nSPS) is 14.3. The topological polar surface area (TPSA) is 3.24 Å². The van der Waals surface area contributed by atoms with Gasteiger partial charge in [-0.05, 0) is 36.6 Å². The predicted molar refractivity (Wildman–Crippen MR) is 84.6 cm³/mol. The summed E-state index contributed by atoms with van der Waals surface area (Å²) in [5.41, 5.74) is 2.69. The fraction of sp³-hybridized carbons (Fsp3) is 0.176. The lowest BCUT2D eigenvalue weighted by Gasteiger charge is -2.21. The predicted octanol–water partition coefficient (Wildman–Crippen LogP) is 5.09. The lowest BCUT2D eigenvalue weighted by Crippen LogP contribution is -2.15. The minimum atomic E-state index is 1.13. The minimum Gasteiger partial charge on any atom is -0.340 e. The van der Waals surface area contributed by atoms with E-state index in [1.54, 1.807) is 0 Å². The molecule has 2 aromatic rings. The standard InChI is InChI=1S/C17H17NS/c1-18(15-10-6-3-7-11-15)17-13-12-16(19-17)14-8-4-2-5-9-14/h2-6,8-10,12-13H,7,11H2,1H3. The zero-order chi connectivity index (χ0) is 13.1. The molecule has 0 bridgehead atoms. The zero-order valence-electron chi connectivity index (χ0n) is 11.0. The van der Waals surface area contributed by atoms with Gasteiger partial charge in [-0.2, -0.15) is 0 Å². The van der Waals surface area contributed by atoms with Crippen LogP contribution in [0.2, 0.25) is 0 Å². The average molecular weight is 267 g/mol. The van der Waals surface area contributed by atoms with Crippen LogP contribution in [0.4, 0.5) is 5.00 Å². The van der Waals surface area contributed by atoms with E-state index in [1.165, 1.54) is 21.1 Å². The van der Waals surface area contributed by atoms with E-state index in [0.717, 1.165) is 12.8 Å². The Balaban J connectivity index is 1.85. The highest BCUT2D eigenvalue weighted by Crippen LogP contribution is 2.35. The van der Waals surface area contributed by atoms with Crippen LogP contribution in [0.5, 0.6) is 0 Å². The average Bonchev–Trinajstić information content (AvgIpc) is 2.98. The van der Waals surface area contributed by atoms with Crippen LogP contribution in [0, 0.1) is 0 Å². The Morgan fingerprint density at radius 3 is 2.63 bits per heavy atom. The van der Waals surface area contributed by atoms with Crippen molar-refractivity contribution in [3.8, 4) is 10.4 Å². The number of benzene rings is 1. The Labute approximate surface area is 118 Å². The number of allylic oxidation sites excluding steroid dienone is 4. The van der Waals surface area contributed by atoms with E-state index in [9.17, 15) is 0 Å². The second-order valence-electron chi connectivity index (χ2n) is 4.69. The van der Waals surface area contributed by atoms with Gasteiger partial charge < -0.3 is 4.90 Å². The number of nitrogens with zero attached hydrogens (tertiary/aromatic N) is 1. The molecule has 0 spiro atoms. The fourth-order valence-electron chi connectivity index (χ4n) is 2.28. The molecule has 19 heavy (non-hydrogen) atoms. The van der Waals surface area contributed by atoms with Crippen LogP contribution in [0.1, 0.15) is 12.8 Å². The molecule has 0 N–H and O–H groups in total. The lowest BCUT2D eigenvalue weighted by atomic mass is 10.1. The van der Waals surface area contributed by atoms with Gasteiger partial charge in [0.05, 0.1) is 5.00 Å². The molecule has 0 aliphatic heterocycles. The van der Waals surface area contributed by atoms with E-state index in [-0.39, 0.29) is 0 Å². The third-order valence-electron chi connectivity index (χ3n) is 3.40. The Morgan fingerprint density at radius 1 is 1.05 bits per heavy atom. The van der Waals surface area contributed by atoms with Gasteiger partial charge in [0.2, 0.25) is 0 Å². The van der Waals surface area contributed by atoms with Gasteiger partial charge >= 0.3 is 0 Å². The third-order valence-corrected chi connectivity index (χ3v) is 4.61. The second kappa shape index (κ2) is 5.45. The molecule has 1 aromatic heterocycles. The van der Waals surface area contributed by atoms with Crippen LogP contribution in [0.15, 0.2) is 66.4 Å². The molecule has 1 aromatic carbocycles. The highest BCUT2D eigenvalue weighted by atomic mass is 32.1. The maximum Gasteiger partial charge on any atom is 0.0954 e. The Hall–Kier alpha value is -1.80. The highest BCUT2D eigenvalue weighted by Gasteiger charge is 2.11. The quantitative estimate of drug-likeness (QED) is 0.749. The van der Waals surface area contributed by atoms with E-state index >= 15 is 0 Å². The van der Waals surface area contributed by atoms with Gasteiger partial charge in [0, 0.05) is 17.6 Å². The number of hydrogen-bond donors (Lipinski definition) is 0. The molecule has 0 saturated heterocycles. The molecule has 1 aliphatic rings. The fourth-order valence-corrected chi connectivity index (χ4v) is 3.28. The summed E-state index contributed by atoms with van der Waals surface area (Å²) in [5.74, 6) is 0. The van der Waals surface area contributed by atoms with Gasteiger partial charge in [-0.25, -0.2) is 0 Å². The van der Waals surface area contributed by atoms with E-state index in [0.29, 0.717) is 0 Å². The van der Waals surface area contributed by atoms with Crippen LogP contribution in [-0.4, -0.2) is 7.05 Å². The summed E-state index contributed by atoms with van der Waals surface area (Å²) < 4.78 is 0. The number of rotatable bonds is 3. The smallest absolute Gasteiger partial charge is 0.0954 e. The van der Waals surface area contributed by atoms with Crippen molar-refractivity contribution in [2.75, 3.05) is 11.9 Å². The van der Waals surface area contributed by atoms with Crippen molar-refractivity contribution in [3.05, 3.63) is 66.4 Å². The van der Waals surface area contributed by atoms with E-state index in [1.807, 2.05) is 11.3 Å². The van der Waals surface area contributed by atoms with Crippen LogP contribution < -0.4 is 4.90 Å². The first-order chi connectivity index (χ1) is 9.34. The molecule has 0 radical (unpaired) electrons. The van der Waals surface area contributed by atoms with Gasteiger partial charge in [-0.15, -0.1) is 11.3 Å². The molecule has 1 heterocycles. The third kappa shape index (κ3) is 2.64. The summed E-state index contributed by atoms with van der Waals surface area (Å²) in [4.78, 5) is 3.63. The Morgan fingerprint density at radius 2 is 1.89 bits per heavy atom. The molecule has 0 atom stereocenters. The summed E-state index contributed by atoms with van der Waals surface area (Å²) in [5, 5.41) is 1.31. The van der Waals surface area contributed by atoms with E-state index in [2.05, 4.69) is 72.6 Å². The van der Waals surface area contributed by atoms with Crippen molar-refractivity contribution in [3.63, 3.8) is 0 Å². The summed E-state index contributed by atoms with van der Waals surface area (Å²) in [6.07, 6.45) is 8.87. The summed E-state index contributed by atoms with van der Waals surface area (Å²) in [7, 11) is 2.16. The largest absolute Gasteiger partial charge is 0.340 e. The molecule has 3 rings (SSSR count). The lowest BCUT2D eigenvalue weighted by molar-refractivity contribution is 0.901. The molecular formula is C17H17NS. The maximum atomic E-state index is 2.31. The van der Waals surface area contributed by atoms with E-state index < -0.39 is 0 Å². The van der Waals surface area contributed by atoms with Crippen LogP contribution >= 0.6 is 11.3 Å². The molecule has 1 nitrogen and oxygen atoms in total. The zero-order valence-corrected chi connectivity index (χ0v) is 11.9. The van der Waals surface area contributed by atoms with Gasteiger partial charge in [-0.1, -0.05) is 42.5 Å².